The fourth-order valence-electron chi connectivity index (χ4n) is 1.83. The molecule has 0 aliphatic carbocycles. The molecule has 0 aliphatic rings. The number of phenolic OH excluding ortho intramolecular Hbond substituents is 1. The van der Waals surface area contributed by atoms with Crippen molar-refractivity contribution in [2.45, 2.75) is 38.9 Å². The van der Waals surface area contributed by atoms with Crippen molar-refractivity contribution >= 4 is 30.7 Å². The van der Waals surface area contributed by atoms with Crippen LogP contribution in [0.2, 0.25) is 18.1 Å². The molecule has 3 heteroatoms. The molecule has 0 spiro atoms. The quantitative estimate of drug-likeness (QED) is 0.483. The van der Waals surface area contributed by atoms with Crippen molar-refractivity contribution in [1.29, 1.82) is 0 Å². The van der Waals surface area contributed by atoms with Crippen molar-refractivity contribution in [1.82, 2.24) is 0 Å². The van der Waals surface area contributed by atoms with Gasteiger partial charge in [0.25, 0.3) is 0 Å². The van der Waals surface area contributed by atoms with E-state index < -0.39 is 8.07 Å². The molecule has 1 N–H and O–H groups in total. The van der Waals surface area contributed by atoms with Crippen LogP contribution >= 0.6 is 22.6 Å². The first-order chi connectivity index (χ1) is 8.06. The maximum Gasteiger partial charge on any atom is 0.138 e. The van der Waals surface area contributed by atoms with E-state index in [0.717, 1.165) is 9.13 Å². The van der Waals surface area contributed by atoms with Crippen LogP contribution in [0, 0.1) is 15.0 Å². The van der Waals surface area contributed by atoms with Crippen molar-refractivity contribution in [3.05, 3.63) is 27.3 Å². The summed E-state index contributed by atoms with van der Waals surface area (Å²) in [6.45, 7) is 6.71. The summed E-state index contributed by atoms with van der Waals surface area (Å²) in [4.78, 5) is 0. The second kappa shape index (κ2) is 6.46. The Morgan fingerprint density at radius 2 is 1.76 bits per heavy atom. The third-order valence-corrected chi connectivity index (χ3v) is 8.84. The van der Waals surface area contributed by atoms with Gasteiger partial charge in [0.15, 0.2) is 0 Å². The smallest absolute Gasteiger partial charge is 0.138 e. The van der Waals surface area contributed by atoms with Crippen LogP contribution in [0.25, 0.3) is 0 Å². The Bertz CT molecular complexity index is 433. The van der Waals surface area contributed by atoms with E-state index in [2.05, 4.69) is 54.8 Å². The normalized spacial score (nSPS) is 10.8. The molecule has 92 valence electrons. The van der Waals surface area contributed by atoms with Gasteiger partial charge in [0.2, 0.25) is 0 Å². The van der Waals surface area contributed by atoms with Crippen molar-refractivity contribution in [2.75, 3.05) is 0 Å². The van der Waals surface area contributed by atoms with E-state index in [1.54, 1.807) is 6.07 Å². The Labute approximate surface area is 119 Å². The number of hydrogen-bond donors (Lipinski definition) is 1. The number of aromatic hydroxyl groups is 1. The van der Waals surface area contributed by atoms with E-state index in [1.807, 2.05) is 12.1 Å². The number of phenols is 1. The van der Waals surface area contributed by atoms with Crippen molar-refractivity contribution in [3.63, 3.8) is 0 Å². The summed E-state index contributed by atoms with van der Waals surface area (Å²) in [5, 5.41) is 9.81. The van der Waals surface area contributed by atoms with Gasteiger partial charge in [-0.2, -0.15) is 0 Å². The van der Waals surface area contributed by atoms with Crippen LogP contribution < -0.4 is 0 Å². The molecule has 0 amide bonds. The molecular weight excluding hydrogens is 339 g/mol. The highest BCUT2D eigenvalue weighted by Crippen LogP contribution is 2.22. The summed E-state index contributed by atoms with van der Waals surface area (Å²) in [7, 11) is -1.41. The van der Waals surface area contributed by atoms with Crippen molar-refractivity contribution in [3.8, 4) is 17.2 Å². The Morgan fingerprint density at radius 1 is 1.18 bits per heavy atom. The van der Waals surface area contributed by atoms with Crippen LogP contribution in [0.15, 0.2) is 18.2 Å². The third kappa shape index (κ3) is 3.75. The number of halogens is 1. The maximum absolute atomic E-state index is 9.81. The molecule has 0 radical (unpaired) electrons. The zero-order valence-electron chi connectivity index (χ0n) is 10.7. The first-order valence-electron chi connectivity index (χ1n) is 6.08. The van der Waals surface area contributed by atoms with E-state index in [1.165, 1.54) is 18.1 Å². The highest BCUT2D eigenvalue weighted by atomic mass is 127. The van der Waals surface area contributed by atoms with Gasteiger partial charge in [-0.25, -0.2) is 0 Å². The van der Waals surface area contributed by atoms with E-state index in [9.17, 15) is 5.11 Å². The van der Waals surface area contributed by atoms with Gasteiger partial charge in [-0.05, 0) is 58.9 Å². The van der Waals surface area contributed by atoms with E-state index >= 15 is 0 Å². The maximum atomic E-state index is 9.81. The lowest BCUT2D eigenvalue weighted by atomic mass is 10.2. The third-order valence-electron chi connectivity index (χ3n) is 3.45. The Balaban J connectivity index is 3.05. The molecule has 0 aromatic heterocycles. The van der Waals surface area contributed by atoms with E-state index in [4.69, 9.17) is 0 Å². The molecule has 0 fully saturated rings. The fourth-order valence-corrected chi connectivity index (χ4v) is 4.73. The van der Waals surface area contributed by atoms with Crippen molar-refractivity contribution < 1.29 is 5.11 Å². The molecule has 1 nitrogen and oxygen atoms in total. The predicted molar refractivity (Wildman–Crippen MR) is 84.9 cm³/mol. The van der Waals surface area contributed by atoms with Gasteiger partial charge in [0.1, 0.15) is 13.8 Å². The minimum atomic E-state index is -1.41. The van der Waals surface area contributed by atoms with Gasteiger partial charge < -0.3 is 5.11 Å². The Hall–Kier alpha value is -0.473. The summed E-state index contributed by atoms with van der Waals surface area (Å²) in [5.41, 5.74) is 4.25. The minimum Gasteiger partial charge on any atom is -0.507 e. The largest absolute Gasteiger partial charge is 0.507 e. The highest BCUT2D eigenvalue weighted by Gasteiger charge is 2.24. The van der Waals surface area contributed by atoms with Gasteiger partial charge in [0.05, 0.1) is 5.56 Å². The molecular formula is C14H19IOSi. The summed E-state index contributed by atoms with van der Waals surface area (Å²) >= 11 is 2.19. The van der Waals surface area contributed by atoms with Crippen LogP contribution in [-0.2, 0) is 0 Å². The minimum absolute atomic E-state index is 0.301. The molecule has 0 heterocycles. The van der Waals surface area contributed by atoms with Crippen LogP contribution in [0.5, 0.6) is 5.75 Å². The van der Waals surface area contributed by atoms with Crippen LogP contribution in [0.3, 0.4) is 0 Å². The van der Waals surface area contributed by atoms with E-state index in [-0.39, 0.29) is 0 Å². The van der Waals surface area contributed by atoms with Gasteiger partial charge in [0, 0.05) is 3.57 Å². The van der Waals surface area contributed by atoms with Gasteiger partial charge in [-0.15, -0.1) is 5.54 Å². The molecule has 0 saturated carbocycles. The molecule has 0 atom stereocenters. The van der Waals surface area contributed by atoms with Gasteiger partial charge in [-0.3, -0.25) is 0 Å². The molecule has 0 saturated heterocycles. The zero-order chi connectivity index (χ0) is 12.9. The molecule has 1 rings (SSSR count). The van der Waals surface area contributed by atoms with E-state index in [0.29, 0.717) is 5.75 Å². The Morgan fingerprint density at radius 3 is 2.24 bits per heavy atom. The Kier molecular flexibility index (Phi) is 5.54. The highest BCUT2D eigenvalue weighted by molar-refractivity contribution is 14.1. The summed E-state index contributed by atoms with van der Waals surface area (Å²) in [5.74, 6) is 3.49. The van der Waals surface area contributed by atoms with Gasteiger partial charge in [-0.1, -0.05) is 26.7 Å². The first-order valence-corrected chi connectivity index (χ1v) is 9.78. The average Bonchev–Trinajstić information content (AvgIpc) is 2.33. The molecule has 1 aromatic rings. The second-order valence-corrected chi connectivity index (χ2v) is 10.4. The predicted octanol–water partition coefficient (Wildman–Crippen LogP) is 4.40. The second-order valence-electron chi connectivity index (χ2n) is 4.25. The number of benzene rings is 1. The zero-order valence-corrected chi connectivity index (χ0v) is 13.8. The van der Waals surface area contributed by atoms with Crippen molar-refractivity contribution in [2.24, 2.45) is 0 Å². The lowest BCUT2D eigenvalue weighted by Gasteiger charge is -2.20. The van der Waals surface area contributed by atoms with Gasteiger partial charge >= 0.3 is 0 Å². The average molecular weight is 358 g/mol. The number of rotatable bonds is 3. The lowest BCUT2D eigenvalue weighted by molar-refractivity contribution is 0.473. The van der Waals surface area contributed by atoms with Crippen LogP contribution in [0.4, 0.5) is 0 Å². The molecule has 0 bridgehead atoms. The monoisotopic (exact) mass is 358 g/mol. The molecule has 0 unspecified atom stereocenters. The summed E-state index contributed by atoms with van der Waals surface area (Å²) < 4.78 is 1.04. The topological polar surface area (TPSA) is 20.2 Å². The fraction of sp³-hybridized carbons (Fsp3) is 0.429. The molecule has 17 heavy (non-hydrogen) atoms. The summed E-state index contributed by atoms with van der Waals surface area (Å²) in [6.07, 6.45) is 0. The first kappa shape index (κ1) is 14.6. The number of hydrogen-bond acceptors (Lipinski definition) is 1. The molecule has 0 aliphatic heterocycles. The molecule has 1 aromatic carbocycles. The standard InChI is InChI=1S/C14H19IOSi/c1-4-17(5-2,6-3)10-9-12-7-8-13(15)11-14(12)16/h7-8,11,16H,4-6H2,1-3H3. The van der Waals surface area contributed by atoms with Crippen LogP contribution in [-0.4, -0.2) is 13.2 Å². The lowest BCUT2D eigenvalue weighted by Crippen LogP contribution is -2.29. The summed E-state index contributed by atoms with van der Waals surface area (Å²) in [6, 6.07) is 9.23. The SMILES string of the molecule is CC[Si](C#Cc1ccc(I)cc1O)(CC)CC. The van der Waals surface area contributed by atoms with Crippen LogP contribution in [0.1, 0.15) is 26.3 Å².